The zero-order chi connectivity index (χ0) is 14.5. The van der Waals surface area contributed by atoms with E-state index in [2.05, 4.69) is 52.9 Å². The molecule has 20 heavy (non-hydrogen) atoms. The van der Waals surface area contributed by atoms with Crippen molar-refractivity contribution in [2.24, 2.45) is 0 Å². The van der Waals surface area contributed by atoms with Crippen molar-refractivity contribution in [2.45, 2.75) is 24.8 Å². The van der Waals surface area contributed by atoms with Gasteiger partial charge in [-0.3, -0.25) is 4.79 Å². The molecule has 0 radical (unpaired) electrons. The van der Waals surface area contributed by atoms with E-state index >= 15 is 0 Å². The van der Waals surface area contributed by atoms with Gasteiger partial charge in [-0.15, -0.1) is 12.6 Å². The highest BCUT2D eigenvalue weighted by Gasteiger charge is 2.09. The van der Waals surface area contributed by atoms with Gasteiger partial charge in [0.05, 0.1) is 5.56 Å². The summed E-state index contributed by atoms with van der Waals surface area (Å²) in [6, 6.07) is 13.7. The Morgan fingerprint density at radius 2 is 1.80 bits per heavy atom. The van der Waals surface area contributed by atoms with Crippen molar-refractivity contribution in [3.63, 3.8) is 0 Å². The van der Waals surface area contributed by atoms with Gasteiger partial charge in [0.15, 0.2) is 0 Å². The van der Waals surface area contributed by atoms with E-state index in [0.717, 1.165) is 16.5 Å². The second-order valence-corrected chi connectivity index (χ2v) is 5.91. The summed E-state index contributed by atoms with van der Waals surface area (Å²) in [5.74, 6) is -0.109. The van der Waals surface area contributed by atoms with E-state index in [0.29, 0.717) is 17.0 Å². The lowest BCUT2D eigenvalue weighted by atomic mass is 10.1. The third-order valence-corrected chi connectivity index (χ3v) is 3.95. The number of halogens is 1. The normalized spacial score (nSPS) is 10.3. The van der Waals surface area contributed by atoms with Crippen LogP contribution < -0.4 is 5.32 Å². The minimum atomic E-state index is -0.109. The number of carbonyl (C=O) groups excluding carboxylic acids is 1. The lowest BCUT2D eigenvalue weighted by molar-refractivity contribution is 0.0948. The Labute approximate surface area is 133 Å². The second kappa shape index (κ2) is 6.95. The quantitative estimate of drug-likeness (QED) is 0.794. The van der Waals surface area contributed by atoms with Crippen LogP contribution in [-0.4, -0.2) is 5.91 Å². The molecule has 2 aromatic rings. The Bertz CT molecular complexity index is 610. The van der Waals surface area contributed by atoms with E-state index in [1.54, 1.807) is 6.07 Å². The zero-order valence-corrected chi connectivity index (χ0v) is 13.7. The Hall–Kier alpha value is -1.26. The second-order valence-electron chi connectivity index (χ2n) is 4.51. The van der Waals surface area contributed by atoms with Crippen molar-refractivity contribution in [1.82, 2.24) is 5.32 Å². The number of rotatable bonds is 4. The lowest BCUT2D eigenvalue weighted by Crippen LogP contribution is -2.23. The molecule has 1 amide bonds. The third-order valence-electron chi connectivity index (χ3n) is 3.09. The molecule has 4 heteroatoms. The van der Waals surface area contributed by atoms with E-state index in [1.165, 1.54) is 5.56 Å². The van der Waals surface area contributed by atoms with Crippen LogP contribution in [0.15, 0.2) is 51.8 Å². The minimum absolute atomic E-state index is 0.109. The van der Waals surface area contributed by atoms with E-state index in [9.17, 15) is 4.79 Å². The molecule has 0 bridgehead atoms. The maximum atomic E-state index is 12.1. The SMILES string of the molecule is CCc1ccc(CNC(=O)c2ccc(Br)cc2S)cc1. The molecule has 0 fully saturated rings. The molecule has 2 nitrogen and oxygen atoms in total. The summed E-state index contributed by atoms with van der Waals surface area (Å²) in [7, 11) is 0. The average molecular weight is 350 g/mol. The topological polar surface area (TPSA) is 29.1 Å². The highest BCUT2D eigenvalue weighted by Crippen LogP contribution is 2.19. The minimum Gasteiger partial charge on any atom is -0.348 e. The van der Waals surface area contributed by atoms with Gasteiger partial charge in [-0.05, 0) is 35.7 Å². The molecule has 0 spiro atoms. The van der Waals surface area contributed by atoms with E-state index in [1.807, 2.05) is 24.3 Å². The summed E-state index contributed by atoms with van der Waals surface area (Å²) < 4.78 is 0.911. The van der Waals surface area contributed by atoms with Crippen LogP contribution in [0.3, 0.4) is 0 Å². The fraction of sp³-hybridized carbons (Fsp3) is 0.188. The molecule has 1 N–H and O–H groups in total. The van der Waals surface area contributed by atoms with Gasteiger partial charge < -0.3 is 5.32 Å². The molecule has 104 valence electrons. The van der Waals surface area contributed by atoms with Crippen LogP contribution in [-0.2, 0) is 13.0 Å². The summed E-state index contributed by atoms with van der Waals surface area (Å²) in [5.41, 5.74) is 2.97. The van der Waals surface area contributed by atoms with Crippen molar-refractivity contribution in [1.29, 1.82) is 0 Å². The van der Waals surface area contributed by atoms with Gasteiger partial charge in [0, 0.05) is 15.9 Å². The summed E-state index contributed by atoms with van der Waals surface area (Å²) >= 11 is 7.68. The molecule has 0 aromatic heterocycles. The van der Waals surface area contributed by atoms with Crippen LogP contribution in [0.4, 0.5) is 0 Å². The Kier molecular flexibility index (Phi) is 5.26. The summed E-state index contributed by atoms with van der Waals surface area (Å²) in [6.45, 7) is 2.64. The van der Waals surface area contributed by atoms with Crippen LogP contribution in [0, 0.1) is 0 Å². The summed E-state index contributed by atoms with van der Waals surface area (Å²) in [6.07, 6.45) is 1.02. The smallest absolute Gasteiger partial charge is 0.252 e. The Morgan fingerprint density at radius 3 is 2.40 bits per heavy atom. The predicted molar refractivity (Wildman–Crippen MR) is 88.4 cm³/mol. The molecule has 0 aliphatic carbocycles. The standard InChI is InChI=1S/C16H16BrNOS/c1-2-11-3-5-12(6-4-11)10-18-16(19)14-8-7-13(17)9-15(14)20/h3-9,20H,2,10H2,1H3,(H,18,19). The van der Waals surface area contributed by atoms with Gasteiger partial charge in [-0.1, -0.05) is 47.1 Å². The van der Waals surface area contributed by atoms with Crippen molar-refractivity contribution < 1.29 is 4.79 Å². The highest BCUT2D eigenvalue weighted by atomic mass is 79.9. The monoisotopic (exact) mass is 349 g/mol. The number of carbonyl (C=O) groups is 1. The van der Waals surface area contributed by atoms with Crippen LogP contribution in [0.5, 0.6) is 0 Å². The molecule has 0 aliphatic heterocycles. The Morgan fingerprint density at radius 1 is 1.15 bits per heavy atom. The molecule has 2 rings (SSSR count). The average Bonchev–Trinajstić information content (AvgIpc) is 2.45. The van der Waals surface area contributed by atoms with Gasteiger partial charge in [0.2, 0.25) is 0 Å². The third kappa shape index (κ3) is 3.87. The summed E-state index contributed by atoms with van der Waals surface area (Å²) in [5, 5.41) is 2.91. The molecule has 0 saturated heterocycles. The van der Waals surface area contributed by atoms with Crippen molar-refractivity contribution in [3.05, 3.63) is 63.6 Å². The van der Waals surface area contributed by atoms with Crippen molar-refractivity contribution in [3.8, 4) is 0 Å². The zero-order valence-electron chi connectivity index (χ0n) is 11.2. The van der Waals surface area contributed by atoms with Crippen LogP contribution in [0.1, 0.15) is 28.4 Å². The number of aryl methyl sites for hydroxylation is 1. The number of hydrogen-bond donors (Lipinski definition) is 2. The first-order valence-corrected chi connectivity index (χ1v) is 7.68. The fourth-order valence-electron chi connectivity index (χ4n) is 1.87. The molecule has 0 unspecified atom stereocenters. The fourth-order valence-corrected chi connectivity index (χ4v) is 2.72. The van der Waals surface area contributed by atoms with E-state index < -0.39 is 0 Å². The number of benzene rings is 2. The van der Waals surface area contributed by atoms with E-state index in [4.69, 9.17) is 0 Å². The number of thiol groups is 1. The highest BCUT2D eigenvalue weighted by molar-refractivity contribution is 9.10. The van der Waals surface area contributed by atoms with Gasteiger partial charge >= 0.3 is 0 Å². The predicted octanol–water partition coefficient (Wildman–Crippen LogP) is 4.23. The first-order chi connectivity index (χ1) is 9.60. The molecule has 0 aliphatic rings. The molecule has 0 saturated carbocycles. The maximum Gasteiger partial charge on any atom is 0.252 e. The van der Waals surface area contributed by atoms with Gasteiger partial charge in [0.1, 0.15) is 0 Å². The number of hydrogen-bond acceptors (Lipinski definition) is 2. The molecular formula is C16H16BrNOS. The first-order valence-electron chi connectivity index (χ1n) is 6.44. The Balaban J connectivity index is 2.00. The van der Waals surface area contributed by atoms with Crippen LogP contribution in [0.25, 0.3) is 0 Å². The molecule has 0 heterocycles. The van der Waals surface area contributed by atoms with Gasteiger partial charge in [0.25, 0.3) is 5.91 Å². The largest absolute Gasteiger partial charge is 0.348 e. The molecular weight excluding hydrogens is 334 g/mol. The molecule has 2 aromatic carbocycles. The maximum absolute atomic E-state index is 12.1. The van der Waals surface area contributed by atoms with Crippen LogP contribution >= 0.6 is 28.6 Å². The van der Waals surface area contributed by atoms with Gasteiger partial charge in [-0.25, -0.2) is 0 Å². The van der Waals surface area contributed by atoms with Crippen molar-refractivity contribution >= 4 is 34.5 Å². The summed E-state index contributed by atoms with van der Waals surface area (Å²) in [4.78, 5) is 12.8. The number of nitrogens with one attached hydrogen (secondary N) is 1. The first kappa shape index (κ1) is 15.1. The molecule has 0 atom stereocenters. The van der Waals surface area contributed by atoms with Gasteiger partial charge in [-0.2, -0.15) is 0 Å². The van der Waals surface area contributed by atoms with Crippen LogP contribution in [0.2, 0.25) is 0 Å². The lowest BCUT2D eigenvalue weighted by Gasteiger charge is -2.08. The number of amides is 1. The van der Waals surface area contributed by atoms with E-state index in [-0.39, 0.29) is 5.91 Å². The van der Waals surface area contributed by atoms with Crippen molar-refractivity contribution in [2.75, 3.05) is 0 Å².